The van der Waals surface area contributed by atoms with Crippen molar-refractivity contribution in [3.05, 3.63) is 100 Å². The summed E-state index contributed by atoms with van der Waals surface area (Å²) in [7, 11) is 0. The van der Waals surface area contributed by atoms with Gasteiger partial charge in [-0.15, -0.1) is 0 Å². The van der Waals surface area contributed by atoms with Gasteiger partial charge in [-0.2, -0.15) is 17.9 Å². The van der Waals surface area contributed by atoms with Crippen molar-refractivity contribution in [2.75, 3.05) is 5.32 Å². The number of carbonyl (C=O) groups is 1. The summed E-state index contributed by atoms with van der Waals surface area (Å²) in [6.45, 7) is 1.62. The van der Waals surface area contributed by atoms with E-state index in [0.717, 1.165) is 16.7 Å². The van der Waals surface area contributed by atoms with E-state index in [9.17, 15) is 28.3 Å². The molecule has 2 aliphatic carbocycles. The lowest BCUT2D eigenvalue weighted by Gasteiger charge is -2.53. The van der Waals surface area contributed by atoms with Crippen LogP contribution in [-0.4, -0.2) is 22.8 Å². The number of benzene rings is 2. The second kappa shape index (κ2) is 9.17. The average molecular weight is 511 g/mol. The lowest BCUT2D eigenvalue weighted by atomic mass is 9.52. The van der Waals surface area contributed by atoms with Gasteiger partial charge in [0.15, 0.2) is 11.8 Å². The van der Waals surface area contributed by atoms with E-state index >= 15 is 0 Å². The van der Waals surface area contributed by atoms with Crippen molar-refractivity contribution in [2.24, 2.45) is 5.92 Å². The first-order chi connectivity index (χ1) is 17.5. The van der Waals surface area contributed by atoms with Gasteiger partial charge in [-0.25, -0.2) is 0 Å². The van der Waals surface area contributed by atoms with Crippen LogP contribution in [0.25, 0.3) is 0 Å². The number of fused-ring (bicyclic) bond motifs is 3. The van der Waals surface area contributed by atoms with E-state index in [-0.39, 0.29) is 31.1 Å². The molecule has 2 aromatic carbocycles. The summed E-state index contributed by atoms with van der Waals surface area (Å²) in [6, 6.07) is 18.3. The quantitative estimate of drug-likeness (QED) is 0.365. The topological polar surface area (TPSA) is 76.3 Å². The van der Waals surface area contributed by atoms with E-state index < -0.39 is 17.2 Å². The highest BCUT2D eigenvalue weighted by Gasteiger charge is 2.61. The summed E-state index contributed by atoms with van der Waals surface area (Å²) in [6.07, 6.45) is -2.21. The van der Waals surface area contributed by atoms with Crippen LogP contribution in [0.3, 0.4) is 0 Å². The van der Waals surface area contributed by atoms with Crippen molar-refractivity contribution in [3.8, 4) is 0 Å². The van der Waals surface area contributed by atoms with E-state index in [1.54, 1.807) is 25.1 Å². The molecule has 5 nitrogen and oxygen atoms in total. The third-order valence-corrected chi connectivity index (χ3v) is 8.36. The molecule has 0 spiro atoms. The predicted molar refractivity (Wildman–Crippen MR) is 133 cm³/mol. The number of aryl methyl sites for hydroxylation is 1. The van der Waals surface area contributed by atoms with Crippen molar-refractivity contribution in [3.63, 3.8) is 0 Å². The van der Waals surface area contributed by atoms with Gasteiger partial charge in [0.05, 0.1) is 0 Å². The zero-order valence-corrected chi connectivity index (χ0v) is 20.5. The molecule has 1 amide bonds. The molecule has 2 N–H and O–H groups in total. The van der Waals surface area contributed by atoms with Gasteiger partial charge in [0, 0.05) is 24.0 Å². The SMILES string of the molecule is Cc1c(NC(=O)c2ccc3c(c2)CC[C@@H]2C[C@@](O)(C(F)(F)F)CC[C@@]32Cc2ccccc2)ccc[n+]1[O-]. The van der Waals surface area contributed by atoms with Crippen LogP contribution < -0.4 is 10.0 Å². The van der Waals surface area contributed by atoms with Gasteiger partial charge >= 0.3 is 6.18 Å². The fourth-order valence-electron chi connectivity index (χ4n) is 6.27. The van der Waals surface area contributed by atoms with E-state index in [1.165, 1.54) is 6.20 Å². The van der Waals surface area contributed by atoms with Gasteiger partial charge in [-0.1, -0.05) is 36.4 Å². The molecule has 1 fully saturated rings. The number of nitrogens with zero attached hydrogens (tertiary/aromatic N) is 1. The van der Waals surface area contributed by atoms with Crippen LogP contribution in [0.1, 0.15) is 58.4 Å². The normalized spacial score (nSPS) is 25.2. The average Bonchev–Trinajstić information content (AvgIpc) is 2.87. The number of halogens is 3. The Morgan fingerprint density at radius 3 is 2.62 bits per heavy atom. The number of aliphatic hydroxyl groups is 1. The maximum atomic E-state index is 13.8. The minimum absolute atomic E-state index is 0.202. The zero-order valence-electron chi connectivity index (χ0n) is 20.5. The van der Waals surface area contributed by atoms with Crippen molar-refractivity contribution in [2.45, 2.75) is 62.6 Å². The van der Waals surface area contributed by atoms with Gasteiger partial charge in [-0.3, -0.25) is 4.79 Å². The number of hydrogen-bond donors (Lipinski definition) is 2. The van der Waals surface area contributed by atoms with Crippen LogP contribution in [0.4, 0.5) is 18.9 Å². The molecular formula is C29H29F3N2O3. The minimum atomic E-state index is -4.67. The molecule has 1 saturated carbocycles. The van der Waals surface area contributed by atoms with Crippen molar-refractivity contribution in [1.29, 1.82) is 0 Å². The standard InChI is InChI=1S/C29H29F3N2O3/c1-19-25(8-5-15-34(19)37)33-26(35)22-10-12-24-21(16-22)9-11-23-18-28(36,29(30,31)32)14-13-27(23,24)17-20-6-3-2-4-7-20/h2-8,10,12,15-16,23,36H,9,11,13-14,17-18H2,1H3,(H,33,35)/t23-,27+,28-/m1/s1. The number of aromatic nitrogens is 1. The number of carbonyl (C=O) groups excluding carboxylic acids is 1. The van der Waals surface area contributed by atoms with Crippen molar-refractivity contribution in [1.82, 2.24) is 0 Å². The molecule has 1 aromatic heterocycles. The van der Waals surface area contributed by atoms with Crippen molar-refractivity contribution >= 4 is 11.6 Å². The Morgan fingerprint density at radius 1 is 1.14 bits per heavy atom. The summed E-state index contributed by atoms with van der Waals surface area (Å²) in [4.78, 5) is 13.0. The van der Waals surface area contributed by atoms with Gasteiger partial charge in [0.2, 0.25) is 5.69 Å². The smallest absolute Gasteiger partial charge is 0.417 e. The molecule has 194 valence electrons. The first-order valence-corrected chi connectivity index (χ1v) is 12.5. The summed E-state index contributed by atoms with van der Waals surface area (Å²) in [5, 5.41) is 25.2. The Balaban J connectivity index is 1.50. The highest BCUT2D eigenvalue weighted by molar-refractivity contribution is 6.04. The van der Waals surface area contributed by atoms with Crippen LogP contribution in [0, 0.1) is 18.0 Å². The number of pyridine rings is 1. The van der Waals surface area contributed by atoms with Gasteiger partial charge in [0.25, 0.3) is 5.91 Å². The Bertz CT molecular complexity index is 1330. The Labute approximate surface area is 213 Å². The summed E-state index contributed by atoms with van der Waals surface area (Å²) >= 11 is 0. The fraction of sp³-hybridized carbons (Fsp3) is 0.379. The minimum Gasteiger partial charge on any atom is -0.618 e. The van der Waals surface area contributed by atoms with E-state index in [4.69, 9.17) is 0 Å². The first kappa shape index (κ1) is 25.3. The molecular weight excluding hydrogens is 481 g/mol. The lowest BCUT2D eigenvalue weighted by molar-refractivity contribution is -0.611. The Hall–Kier alpha value is -3.39. The molecule has 1 heterocycles. The maximum absolute atomic E-state index is 13.8. The molecule has 0 bridgehead atoms. The molecule has 2 aliphatic rings. The molecule has 0 saturated heterocycles. The van der Waals surface area contributed by atoms with E-state index in [2.05, 4.69) is 5.32 Å². The summed E-state index contributed by atoms with van der Waals surface area (Å²) < 4.78 is 42.1. The van der Waals surface area contributed by atoms with E-state index in [1.807, 2.05) is 42.5 Å². The summed E-state index contributed by atoms with van der Waals surface area (Å²) in [5.74, 6) is -0.703. The van der Waals surface area contributed by atoms with Gasteiger partial charge < -0.3 is 15.6 Å². The number of anilines is 1. The molecule has 8 heteroatoms. The molecule has 5 rings (SSSR count). The summed E-state index contributed by atoms with van der Waals surface area (Å²) in [5.41, 5.74) is 0.910. The van der Waals surface area contributed by atoms with Crippen molar-refractivity contribution < 1.29 is 27.8 Å². The lowest BCUT2D eigenvalue weighted by Crippen LogP contribution is -2.56. The second-order valence-corrected chi connectivity index (χ2v) is 10.4. The highest BCUT2D eigenvalue weighted by Crippen LogP contribution is 2.57. The molecule has 0 unspecified atom stereocenters. The van der Waals surface area contributed by atoms with E-state index in [0.29, 0.717) is 40.9 Å². The monoisotopic (exact) mass is 510 g/mol. The largest absolute Gasteiger partial charge is 0.618 e. The number of alkyl halides is 3. The molecule has 3 atom stereocenters. The first-order valence-electron chi connectivity index (χ1n) is 12.5. The molecule has 0 aliphatic heterocycles. The highest BCUT2D eigenvalue weighted by atomic mass is 19.4. The second-order valence-electron chi connectivity index (χ2n) is 10.4. The number of nitrogens with one attached hydrogen (secondary N) is 1. The predicted octanol–water partition coefficient (Wildman–Crippen LogP) is 5.40. The third-order valence-electron chi connectivity index (χ3n) is 8.36. The number of amides is 1. The number of rotatable bonds is 4. The number of hydrogen-bond acceptors (Lipinski definition) is 3. The van der Waals surface area contributed by atoms with Crippen LogP contribution in [0.5, 0.6) is 0 Å². The third kappa shape index (κ3) is 4.48. The molecule has 0 radical (unpaired) electrons. The Kier molecular flexibility index (Phi) is 6.26. The Morgan fingerprint density at radius 2 is 1.89 bits per heavy atom. The molecule has 37 heavy (non-hydrogen) atoms. The fourth-order valence-corrected chi connectivity index (χ4v) is 6.27. The van der Waals surface area contributed by atoms with Crippen LogP contribution in [0.2, 0.25) is 0 Å². The maximum Gasteiger partial charge on any atom is 0.417 e. The molecule has 3 aromatic rings. The van der Waals surface area contributed by atoms with Crippen LogP contribution >= 0.6 is 0 Å². The zero-order chi connectivity index (χ0) is 26.4. The van der Waals surface area contributed by atoms with Gasteiger partial charge in [-0.05, 0) is 79.3 Å². The van der Waals surface area contributed by atoms with Crippen LogP contribution in [0.15, 0.2) is 66.9 Å². The van der Waals surface area contributed by atoms with Crippen LogP contribution in [-0.2, 0) is 18.3 Å². The van der Waals surface area contributed by atoms with Gasteiger partial charge in [0.1, 0.15) is 5.69 Å².